The molecule has 5 nitrogen and oxygen atoms in total. The Labute approximate surface area is 175 Å². The van der Waals surface area contributed by atoms with Crippen LogP contribution < -0.4 is 10.6 Å². The molecule has 0 aliphatic carbocycles. The van der Waals surface area contributed by atoms with Gasteiger partial charge in [-0.2, -0.15) is 0 Å². The van der Waals surface area contributed by atoms with E-state index < -0.39 is 0 Å². The molecule has 7 heteroatoms. The van der Waals surface area contributed by atoms with Gasteiger partial charge in [0.05, 0.1) is 18.3 Å². The Balaban J connectivity index is 0.00000243. The predicted octanol–water partition coefficient (Wildman–Crippen LogP) is 4.34. The van der Waals surface area contributed by atoms with Gasteiger partial charge in [-0.3, -0.25) is 4.99 Å². The number of imidazole rings is 1. The highest BCUT2D eigenvalue weighted by Gasteiger charge is 2.09. The molecule has 0 fully saturated rings. The van der Waals surface area contributed by atoms with Gasteiger partial charge < -0.3 is 15.0 Å². The van der Waals surface area contributed by atoms with Gasteiger partial charge >= 0.3 is 0 Å². The Morgan fingerprint density at radius 2 is 1.96 bits per heavy atom. The second-order valence-electron chi connectivity index (χ2n) is 5.97. The van der Waals surface area contributed by atoms with Crippen molar-refractivity contribution in [2.24, 2.45) is 4.99 Å². The lowest BCUT2D eigenvalue weighted by Crippen LogP contribution is -2.38. The molecule has 26 heavy (non-hydrogen) atoms. The molecule has 0 aliphatic heterocycles. The Bertz CT molecular complexity index is 889. The molecule has 0 radical (unpaired) electrons. The number of rotatable bonds is 4. The van der Waals surface area contributed by atoms with Gasteiger partial charge in [-0.05, 0) is 43.7 Å². The van der Waals surface area contributed by atoms with Crippen LogP contribution in [0.5, 0.6) is 0 Å². The molecule has 3 aromatic rings. The maximum atomic E-state index is 5.95. The highest BCUT2D eigenvalue weighted by atomic mass is 127. The molecule has 0 saturated carbocycles. The molecule has 3 rings (SSSR count). The SMILES string of the molecule is CN=C(NCc1cn2c(C)cccc2n1)NC(C)c1ccc(Cl)cc1.I. The van der Waals surface area contributed by atoms with E-state index in [1.807, 2.05) is 42.6 Å². The number of hydrogen-bond acceptors (Lipinski definition) is 2. The van der Waals surface area contributed by atoms with Crippen LogP contribution >= 0.6 is 35.6 Å². The quantitative estimate of drug-likeness (QED) is 0.330. The molecule has 2 aromatic heterocycles. The Morgan fingerprint density at radius 3 is 2.62 bits per heavy atom. The van der Waals surface area contributed by atoms with Crippen LogP contribution in [0.1, 0.15) is 29.9 Å². The molecule has 2 N–H and O–H groups in total. The van der Waals surface area contributed by atoms with Crippen molar-refractivity contribution in [1.82, 2.24) is 20.0 Å². The first-order chi connectivity index (χ1) is 12.1. The predicted molar refractivity (Wildman–Crippen MR) is 119 cm³/mol. The zero-order chi connectivity index (χ0) is 17.8. The highest BCUT2D eigenvalue weighted by Crippen LogP contribution is 2.16. The number of nitrogens with zero attached hydrogens (tertiary/aromatic N) is 3. The van der Waals surface area contributed by atoms with Crippen molar-refractivity contribution in [3.63, 3.8) is 0 Å². The third-order valence-corrected chi connectivity index (χ3v) is 4.38. The van der Waals surface area contributed by atoms with Crippen molar-refractivity contribution in [3.8, 4) is 0 Å². The number of aliphatic imine (C=N–C) groups is 1. The molecule has 0 spiro atoms. The summed E-state index contributed by atoms with van der Waals surface area (Å²) in [6, 6.07) is 14.0. The van der Waals surface area contributed by atoms with Crippen LogP contribution in [0.25, 0.3) is 5.65 Å². The summed E-state index contributed by atoms with van der Waals surface area (Å²) in [5.74, 6) is 0.733. The molecule has 0 bridgehead atoms. The van der Waals surface area contributed by atoms with E-state index in [2.05, 4.69) is 44.9 Å². The second-order valence-corrected chi connectivity index (χ2v) is 6.41. The van der Waals surface area contributed by atoms with E-state index in [0.717, 1.165) is 33.6 Å². The van der Waals surface area contributed by atoms with Crippen LogP contribution in [0.2, 0.25) is 5.02 Å². The van der Waals surface area contributed by atoms with E-state index in [-0.39, 0.29) is 30.0 Å². The number of pyridine rings is 1. The molecular weight excluding hydrogens is 461 g/mol. The van der Waals surface area contributed by atoms with Crippen molar-refractivity contribution in [1.29, 1.82) is 0 Å². The van der Waals surface area contributed by atoms with Crippen molar-refractivity contribution in [2.75, 3.05) is 7.05 Å². The monoisotopic (exact) mass is 483 g/mol. The Kier molecular flexibility index (Phi) is 7.28. The van der Waals surface area contributed by atoms with Crippen molar-refractivity contribution < 1.29 is 0 Å². The smallest absolute Gasteiger partial charge is 0.191 e. The van der Waals surface area contributed by atoms with Gasteiger partial charge in [0.15, 0.2) is 5.96 Å². The lowest BCUT2D eigenvalue weighted by Gasteiger charge is -2.18. The minimum Gasteiger partial charge on any atom is -0.351 e. The first-order valence-electron chi connectivity index (χ1n) is 8.23. The van der Waals surface area contributed by atoms with E-state index in [0.29, 0.717) is 6.54 Å². The highest BCUT2D eigenvalue weighted by molar-refractivity contribution is 14.0. The summed E-state index contributed by atoms with van der Waals surface area (Å²) in [7, 11) is 1.76. The maximum absolute atomic E-state index is 5.95. The third kappa shape index (κ3) is 4.88. The summed E-state index contributed by atoms with van der Waals surface area (Å²) < 4.78 is 2.09. The Hall–Kier alpha value is -1.80. The number of benzene rings is 1. The maximum Gasteiger partial charge on any atom is 0.191 e. The number of nitrogens with one attached hydrogen (secondary N) is 2. The van der Waals surface area contributed by atoms with Crippen LogP contribution in [0.15, 0.2) is 53.7 Å². The summed E-state index contributed by atoms with van der Waals surface area (Å²) in [6.45, 7) is 4.76. The summed E-state index contributed by atoms with van der Waals surface area (Å²) in [5.41, 5.74) is 4.23. The number of hydrogen-bond donors (Lipinski definition) is 2. The van der Waals surface area contributed by atoms with Gasteiger partial charge in [-0.25, -0.2) is 4.98 Å². The van der Waals surface area contributed by atoms with Gasteiger partial charge in [0.25, 0.3) is 0 Å². The Morgan fingerprint density at radius 1 is 1.23 bits per heavy atom. The number of guanidine groups is 1. The minimum atomic E-state index is 0. The van der Waals surface area contributed by atoms with Crippen molar-refractivity contribution in [3.05, 3.63) is 70.6 Å². The van der Waals surface area contributed by atoms with Gasteiger partial charge in [-0.15, -0.1) is 24.0 Å². The fourth-order valence-electron chi connectivity index (χ4n) is 2.69. The second kappa shape index (κ2) is 9.23. The summed E-state index contributed by atoms with van der Waals surface area (Å²) in [5, 5.41) is 7.43. The molecular formula is C19H23ClIN5. The minimum absolute atomic E-state index is 0. The largest absolute Gasteiger partial charge is 0.351 e. The lowest BCUT2D eigenvalue weighted by molar-refractivity contribution is 0.683. The fourth-order valence-corrected chi connectivity index (χ4v) is 2.82. The normalized spacial score (nSPS) is 12.5. The number of aryl methyl sites for hydroxylation is 1. The zero-order valence-electron chi connectivity index (χ0n) is 15.0. The summed E-state index contributed by atoms with van der Waals surface area (Å²) >= 11 is 5.95. The lowest BCUT2D eigenvalue weighted by atomic mass is 10.1. The van der Waals surface area contributed by atoms with Gasteiger partial charge in [0.1, 0.15) is 5.65 Å². The summed E-state index contributed by atoms with van der Waals surface area (Å²) in [6.07, 6.45) is 2.05. The van der Waals surface area contributed by atoms with Crippen LogP contribution in [0.3, 0.4) is 0 Å². The van der Waals surface area contributed by atoms with Crippen LogP contribution in [-0.2, 0) is 6.54 Å². The van der Waals surface area contributed by atoms with E-state index in [9.17, 15) is 0 Å². The molecule has 1 unspecified atom stereocenters. The van der Waals surface area contributed by atoms with E-state index in [1.165, 1.54) is 0 Å². The van der Waals surface area contributed by atoms with E-state index in [1.54, 1.807) is 7.05 Å². The molecule has 1 atom stereocenters. The average molecular weight is 484 g/mol. The molecule has 0 aliphatic rings. The average Bonchev–Trinajstić information content (AvgIpc) is 3.03. The van der Waals surface area contributed by atoms with Crippen molar-refractivity contribution in [2.45, 2.75) is 26.4 Å². The number of aromatic nitrogens is 2. The van der Waals surface area contributed by atoms with Crippen LogP contribution in [0.4, 0.5) is 0 Å². The van der Waals surface area contributed by atoms with Crippen molar-refractivity contribution >= 4 is 47.2 Å². The van der Waals surface area contributed by atoms with Gasteiger partial charge in [0.2, 0.25) is 0 Å². The number of halogens is 2. The van der Waals surface area contributed by atoms with Crippen LogP contribution in [0, 0.1) is 6.92 Å². The van der Waals surface area contributed by atoms with E-state index >= 15 is 0 Å². The molecule has 1 aromatic carbocycles. The molecule has 0 saturated heterocycles. The van der Waals surface area contributed by atoms with Gasteiger partial charge in [-0.1, -0.05) is 29.8 Å². The molecule has 138 valence electrons. The summed E-state index contributed by atoms with van der Waals surface area (Å²) in [4.78, 5) is 8.92. The molecule has 2 heterocycles. The fraction of sp³-hybridized carbons (Fsp3) is 0.263. The van der Waals surface area contributed by atoms with Gasteiger partial charge in [0, 0.05) is 24.0 Å². The first kappa shape index (κ1) is 20.5. The first-order valence-corrected chi connectivity index (χ1v) is 8.61. The van der Waals surface area contributed by atoms with Crippen LogP contribution in [-0.4, -0.2) is 22.4 Å². The standard InChI is InChI=1S/C19H22ClN5.HI/c1-13-5-4-6-18-24-17(12-25(13)18)11-22-19(21-3)23-14(2)15-7-9-16(20)10-8-15;/h4-10,12,14H,11H2,1-3H3,(H2,21,22,23);1H. The number of fused-ring (bicyclic) bond motifs is 1. The topological polar surface area (TPSA) is 53.7 Å². The zero-order valence-corrected chi connectivity index (χ0v) is 18.1. The van der Waals surface area contributed by atoms with E-state index in [4.69, 9.17) is 11.6 Å². The molecule has 0 amide bonds. The third-order valence-electron chi connectivity index (χ3n) is 4.13.